The Kier molecular flexibility index (Phi) is 5.07. The zero-order valence-electron chi connectivity index (χ0n) is 9.75. The molecule has 0 bridgehead atoms. The summed E-state index contributed by atoms with van der Waals surface area (Å²) in [6, 6.07) is 3.95. The third-order valence-corrected chi connectivity index (χ3v) is 2.93. The smallest absolute Gasteiger partial charge is 0.303 e. The van der Waals surface area contributed by atoms with E-state index in [-0.39, 0.29) is 5.56 Å². The van der Waals surface area contributed by atoms with Crippen LogP contribution >= 0.6 is 15.9 Å². The maximum absolute atomic E-state index is 13.7. The summed E-state index contributed by atoms with van der Waals surface area (Å²) in [5.41, 5.74) is -0.223. The summed E-state index contributed by atoms with van der Waals surface area (Å²) in [7, 11) is 0. The molecule has 0 saturated carbocycles. The first-order valence-corrected chi connectivity index (χ1v) is 6.18. The number of ether oxygens (including phenoxy) is 1. The van der Waals surface area contributed by atoms with Gasteiger partial charge in [-0.05, 0) is 41.1 Å². The minimum absolute atomic E-state index is 0.223. The lowest BCUT2D eigenvalue weighted by atomic mass is 10.0. The normalized spacial score (nSPS) is 11.3. The van der Waals surface area contributed by atoms with Crippen LogP contribution in [0, 0.1) is 0 Å². The van der Waals surface area contributed by atoms with E-state index in [0.717, 1.165) is 0 Å². The number of carbonyl (C=O) groups is 1. The van der Waals surface area contributed by atoms with Crippen LogP contribution in [0.4, 0.5) is 8.78 Å². The van der Waals surface area contributed by atoms with E-state index in [4.69, 9.17) is 9.84 Å². The van der Waals surface area contributed by atoms with Crippen LogP contribution in [0.25, 0.3) is 0 Å². The van der Waals surface area contributed by atoms with E-state index in [1.807, 2.05) is 0 Å². The molecule has 18 heavy (non-hydrogen) atoms. The van der Waals surface area contributed by atoms with Gasteiger partial charge in [-0.2, -0.15) is 0 Å². The number of hydrogen-bond donors (Lipinski definition) is 1. The van der Waals surface area contributed by atoms with Crippen molar-refractivity contribution in [2.75, 3.05) is 6.61 Å². The van der Waals surface area contributed by atoms with Gasteiger partial charge in [-0.3, -0.25) is 4.79 Å². The van der Waals surface area contributed by atoms with Crippen LogP contribution in [-0.2, 0) is 10.7 Å². The predicted molar refractivity (Wildman–Crippen MR) is 66.1 cm³/mol. The highest BCUT2D eigenvalue weighted by Crippen LogP contribution is 2.37. The molecular weight excluding hydrogens is 310 g/mol. The van der Waals surface area contributed by atoms with E-state index in [1.165, 1.54) is 18.2 Å². The quantitative estimate of drug-likeness (QED) is 0.866. The van der Waals surface area contributed by atoms with E-state index < -0.39 is 24.7 Å². The number of aliphatic carboxylic acids is 1. The van der Waals surface area contributed by atoms with E-state index >= 15 is 0 Å². The minimum atomic E-state index is -3.16. The molecule has 0 saturated heterocycles. The van der Waals surface area contributed by atoms with Crippen LogP contribution in [0.5, 0.6) is 5.75 Å². The van der Waals surface area contributed by atoms with Crippen molar-refractivity contribution in [3.63, 3.8) is 0 Å². The van der Waals surface area contributed by atoms with Crippen molar-refractivity contribution >= 4 is 21.9 Å². The fraction of sp³-hybridized carbons (Fsp3) is 0.417. The van der Waals surface area contributed by atoms with Crippen LogP contribution in [0.1, 0.15) is 25.3 Å². The summed E-state index contributed by atoms with van der Waals surface area (Å²) in [6.07, 6.45) is -1.29. The molecule has 1 N–H and O–H groups in total. The first-order chi connectivity index (χ1) is 8.36. The second-order valence-corrected chi connectivity index (χ2v) is 4.53. The number of carboxylic acids is 1. The summed E-state index contributed by atoms with van der Waals surface area (Å²) < 4.78 is 33.0. The molecule has 0 amide bonds. The molecule has 100 valence electrons. The van der Waals surface area contributed by atoms with Gasteiger partial charge in [0.2, 0.25) is 0 Å². The molecule has 0 radical (unpaired) electrons. The second kappa shape index (κ2) is 6.13. The molecule has 3 nitrogen and oxygen atoms in total. The topological polar surface area (TPSA) is 46.5 Å². The third kappa shape index (κ3) is 3.94. The number of rotatable bonds is 6. The monoisotopic (exact) mass is 322 g/mol. The van der Waals surface area contributed by atoms with E-state index in [9.17, 15) is 13.6 Å². The van der Waals surface area contributed by atoms with Crippen molar-refractivity contribution in [2.24, 2.45) is 0 Å². The Morgan fingerprint density at radius 2 is 2.17 bits per heavy atom. The Morgan fingerprint density at radius 1 is 1.50 bits per heavy atom. The lowest BCUT2D eigenvalue weighted by molar-refractivity contribution is -0.139. The molecule has 0 aliphatic carbocycles. The molecule has 6 heteroatoms. The van der Waals surface area contributed by atoms with Crippen LogP contribution in [0.15, 0.2) is 22.7 Å². The van der Waals surface area contributed by atoms with Crippen molar-refractivity contribution < 1.29 is 23.4 Å². The lowest BCUT2D eigenvalue weighted by Crippen LogP contribution is -2.15. The molecule has 1 rings (SSSR count). The van der Waals surface area contributed by atoms with Crippen molar-refractivity contribution in [3.8, 4) is 5.75 Å². The molecule has 0 fully saturated rings. The fourth-order valence-corrected chi connectivity index (χ4v) is 1.90. The Morgan fingerprint density at radius 3 is 2.67 bits per heavy atom. The highest BCUT2D eigenvalue weighted by molar-refractivity contribution is 9.10. The van der Waals surface area contributed by atoms with Crippen molar-refractivity contribution in [1.29, 1.82) is 0 Å². The molecule has 0 atom stereocenters. The number of alkyl halides is 2. The van der Waals surface area contributed by atoms with E-state index in [0.29, 0.717) is 16.8 Å². The minimum Gasteiger partial charge on any atom is -0.493 e. The van der Waals surface area contributed by atoms with E-state index in [1.54, 1.807) is 6.92 Å². The van der Waals surface area contributed by atoms with E-state index in [2.05, 4.69) is 15.9 Å². The van der Waals surface area contributed by atoms with Crippen LogP contribution in [-0.4, -0.2) is 17.7 Å². The van der Waals surface area contributed by atoms with Crippen LogP contribution < -0.4 is 4.74 Å². The summed E-state index contributed by atoms with van der Waals surface area (Å²) in [5.74, 6) is -3.92. The van der Waals surface area contributed by atoms with Crippen LogP contribution in [0.3, 0.4) is 0 Å². The molecule has 0 aliphatic rings. The first-order valence-electron chi connectivity index (χ1n) is 5.39. The molecule has 1 aromatic rings. The lowest BCUT2D eigenvalue weighted by Gasteiger charge is -2.17. The average molecular weight is 323 g/mol. The van der Waals surface area contributed by atoms with Gasteiger partial charge in [-0.15, -0.1) is 0 Å². The first kappa shape index (κ1) is 14.9. The maximum Gasteiger partial charge on any atom is 0.303 e. The zero-order valence-corrected chi connectivity index (χ0v) is 11.3. The molecular formula is C12H13BrF2O3. The molecule has 0 heterocycles. The molecule has 0 aliphatic heterocycles. The summed E-state index contributed by atoms with van der Waals surface area (Å²) in [4.78, 5) is 10.3. The second-order valence-electron chi connectivity index (χ2n) is 3.68. The van der Waals surface area contributed by atoms with Gasteiger partial charge in [0, 0.05) is 12.0 Å². The van der Waals surface area contributed by atoms with Crippen LogP contribution in [0.2, 0.25) is 0 Å². The van der Waals surface area contributed by atoms with Gasteiger partial charge in [0.1, 0.15) is 5.75 Å². The fourth-order valence-electron chi connectivity index (χ4n) is 1.41. The van der Waals surface area contributed by atoms with Crippen molar-refractivity contribution in [3.05, 3.63) is 28.2 Å². The van der Waals surface area contributed by atoms with Gasteiger partial charge in [0.15, 0.2) is 0 Å². The molecule has 0 aromatic heterocycles. The highest BCUT2D eigenvalue weighted by Gasteiger charge is 2.32. The SMILES string of the molecule is CCOc1ccc(C(F)(F)CCC(=O)O)cc1Br. The summed E-state index contributed by atoms with van der Waals surface area (Å²) >= 11 is 3.15. The van der Waals surface area contributed by atoms with Crippen molar-refractivity contribution in [2.45, 2.75) is 25.7 Å². The molecule has 0 unspecified atom stereocenters. The Balaban J connectivity index is 2.88. The van der Waals surface area contributed by atoms with Gasteiger partial charge in [0.25, 0.3) is 5.92 Å². The van der Waals surface area contributed by atoms with Gasteiger partial charge >= 0.3 is 5.97 Å². The maximum atomic E-state index is 13.7. The Hall–Kier alpha value is -1.17. The highest BCUT2D eigenvalue weighted by atomic mass is 79.9. The van der Waals surface area contributed by atoms with Crippen molar-refractivity contribution in [1.82, 2.24) is 0 Å². The van der Waals surface area contributed by atoms with Gasteiger partial charge in [0.05, 0.1) is 17.5 Å². The predicted octanol–water partition coefficient (Wildman–Crippen LogP) is 3.80. The Bertz CT molecular complexity index is 435. The number of carboxylic acid groups (broad SMARTS) is 1. The van der Waals surface area contributed by atoms with Gasteiger partial charge in [-0.1, -0.05) is 0 Å². The summed E-state index contributed by atoms with van der Waals surface area (Å²) in [6.45, 7) is 2.23. The number of benzene rings is 1. The summed E-state index contributed by atoms with van der Waals surface area (Å²) in [5, 5.41) is 8.43. The average Bonchev–Trinajstić information content (AvgIpc) is 2.29. The molecule has 1 aromatic carbocycles. The number of hydrogen-bond acceptors (Lipinski definition) is 2. The Labute approximate surface area is 112 Å². The zero-order chi connectivity index (χ0) is 13.8. The van der Waals surface area contributed by atoms with Gasteiger partial charge < -0.3 is 9.84 Å². The third-order valence-electron chi connectivity index (χ3n) is 2.31. The largest absolute Gasteiger partial charge is 0.493 e. The standard InChI is InChI=1S/C12H13BrF2O3/c1-2-18-10-4-3-8(7-9(10)13)12(14,15)6-5-11(16)17/h3-4,7H,2,5-6H2,1H3,(H,16,17). The van der Waals surface area contributed by atoms with Gasteiger partial charge in [-0.25, -0.2) is 8.78 Å². The number of halogens is 3. The molecule has 0 spiro atoms.